The van der Waals surface area contributed by atoms with Crippen LogP contribution >= 0.6 is 0 Å². The second-order valence-electron chi connectivity index (χ2n) is 6.44. The molecule has 0 N–H and O–H groups in total. The Balaban J connectivity index is 1.90. The van der Waals surface area contributed by atoms with Gasteiger partial charge < -0.3 is 4.74 Å². The number of nitrogens with zero attached hydrogens (tertiary/aromatic N) is 1. The maximum Gasteiger partial charge on any atom is 0.416 e. The van der Waals surface area contributed by atoms with Gasteiger partial charge in [0.25, 0.3) is 0 Å². The van der Waals surface area contributed by atoms with Gasteiger partial charge in [-0.2, -0.15) is 13.2 Å². The standard InChI is InChI=1S/C16H20F3NO/c1-10(2)6-20-7-12-11-4-3-5-14(16(17,18)19)13(11)9-21-15(12)8-20/h3-5,10,12,15H,6-9H2,1-2H3/t12-,15?/m0/s1. The van der Waals surface area contributed by atoms with E-state index < -0.39 is 11.7 Å². The summed E-state index contributed by atoms with van der Waals surface area (Å²) in [5.41, 5.74) is 0.616. The summed E-state index contributed by atoms with van der Waals surface area (Å²) in [6, 6.07) is 4.52. The van der Waals surface area contributed by atoms with E-state index >= 15 is 0 Å². The molecule has 3 rings (SSSR count). The number of rotatable bonds is 2. The van der Waals surface area contributed by atoms with E-state index in [0.717, 1.165) is 31.3 Å². The molecule has 0 aliphatic carbocycles. The van der Waals surface area contributed by atoms with E-state index in [4.69, 9.17) is 4.74 Å². The van der Waals surface area contributed by atoms with Gasteiger partial charge in [-0.05, 0) is 23.1 Å². The summed E-state index contributed by atoms with van der Waals surface area (Å²) >= 11 is 0. The normalized spacial score (nSPS) is 26.0. The molecule has 0 spiro atoms. The zero-order valence-electron chi connectivity index (χ0n) is 12.3. The van der Waals surface area contributed by atoms with Gasteiger partial charge in [-0.3, -0.25) is 4.90 Å². The van der Waals surface area contributed by atoms with Crippen LogP contribution in [0.2, 0.25) is 0 Å². The Morgan fingerprint density at radius 2 is 2.05 bits per heavy atom. The highest BCUT2D eigenvalue weighted by Gasteiger charge is 2.42. The van der Waals surface area contributed by atoms with Crippen LogP contribution in [0.3, 0.4) is 0 Å². The molecule has 0 aromatic heterocycles. The van der Waals surface area contributed by atoms with Crippen molar-refractivity contribution in [3.63, 3.8) is 0 Å². The highest BCUT2D eigenvalue weighted by atomic mass is 19.4. The summed E-state index contributed by atoms with van der Waals surface area (Å²) in [4.78, 5) is 2.30. The van der Waals surface area contributed by atoms with Crippen LogP contribution in [0.25, 0.3) is 0 Å². The van der Waals surface area contributed by atoms with Crippen LogP contribution in [0.1, 0.15) is 36.5 Å². The molecule has 2 nitrogen and oxygen atoms in total. The van der Waals surface area contributed by atoms with Crippen molar-refractivity contribution in [3.8, 4) is 0 Å². The first kappa shape index (κ1) is 14.9. The van der Waals surface area contributed by atoms with Crippen LogP contribution < -0.4 is 0 Å². The fourth-order valence-corrected chi connectivity index (χ4v) is 3.55. The number of ether oxygens (including phenoxy) is 1. The van der Waals surface area contributed by atoms with Crippen molar-refractivity contribution in [1.29, 1.82) is 0 Å². The number of benzene rings is 1. The summed E-state index contributed by atoms with van der Waals surface area (Å²) in [6.07, 6.45) is -4.28. The van der Waals surface area contributed by atoms with Gasteiger partial charge in [0.1, 0.15) is 0 Å². The fourth-order valence-electron chi connectivity index (χ4n) is 3.55. The van der Waals surface area contributed by atoms with Gasteiger partial charge in [0, 0.05) is 25.6 Å². The van der Waals surface area contributed by atoms with Crippen molar-refractivity contribution in [2.45, 2.75) is 38.7 Å². The molecule has 1 aromatic carbocycles. The number of hydrogen-bond donors (Lipinski definition) is 0. The molecule has 0 bridgehead atoms. The van der Waals surface area contributed by atoms with Crippen LogP contribution in [0.5, 0.6) is 0 Å². The summed E-state index contributed by atoms with van der Waals surface area (Å²) in [5.74, 6) is 0.612. The van der Waals surface area contributed by atoms with E-state index in [1.54, 1.807) is 0 Å². The third-order valence-corrected chi connectivity index (χ3v) is 4.32. The summed E-state index contributed by atoms with van der Waals surface area (Å²) < 4.78 is 45.0. The molecular weight excluding hydrogens is 279 g/mol. The van der Waals surface area contributed by atoms with Crippen molar-refractivity contribution >= 4 is 0 Å². The maximum absolute atomic E-state index is 13.1. The number of alkyl halides is 3. The van der Waals surface area contributed by atoms with Gasteiger partial charge in [-0.15, -0.1) is 0 Å². The minimum atomic E-state index is -4.31. The highest BCUT2D eigenvalue weighted by molar-refractivity contribution is 5.41. The number of hydrogen-bond acceptors (Lipinski definition) is 2. The SMILES string of the molecule is CC(C)CN1CC2OCc3c(cccc3C(F)(F)F)[C@@H]2C1. The lowest BCUT2D eigenvalue weighted by Gasteiger charge is -2.29. The molecular formula is C16H20F3NO. The van der Waals surface area contributed by atoms with E-state index in [1.165, 1.54) is 6.07 Å². The third-order valence-electron chi connectivity index (χ3n) is 4.32. The molecule has 0 radical (unpaired) electrons. The van der Waals surface area contributed by atoms with Crippen molar-refractivity contribution in [1.82, 2.24) is 4.90 Å². The minimum absolute atomic E-state index is 0.0275. The Morgan fingerprint density at radius 1 is 1.29 bits per heavy atom. The van der Waals surface area contributed by atoms with E-state index in [9.17, 15) is 13.2 Å². The molecule has 2 aliphatic heterocycles. The Bertz CT molecular complexity index is 527. The van der Waals surface area contributed by atoms with Gasteiger partial charge in [0.2, 0.25) is 0 Å². The summed E-state index contributed by atoms with van der Waals surface area (Å²) in [7, 11) is 0. The zero-order valence-corrected chi connectivity index (χ0v) is 12.3. The maximum atomic E-state index is 13.1. The smallest absolute Gasteiger partial charge is 0.371 e. The van der Waals surface area contributed by atoms with E-state index in [0.29, 0.717) is 11.5 Å². The highest BCUT2D eigenvalue weighted by Crippen LogP contribution is 2.42. The van der Waals surface area contributed by atoms with Gasteiger partial charge in [-0.1, -0.05) is 26.0 Å². The second-order valence-corrected chi connectivity index (χ2v) is 6.44. The monoisotopic (exact) mass is 299 g/mol. The molecule has 0 saturated carbocycles. The Hall–Kier alpha value is -1.07. The van der Waals surface area contributed by atoms with Gasteiger partial charge >= 0.3 is 6.18 Å². The Morgan fingerprint density at radius 3 is 2.71 bits per heavy atom. The topological polar surface area (TPSA) is 12.5 Å². The molecule has 2 heterocycles. The van der Waals surface area contributed by atoms with Crippen molar-refractivity contribution < 1.29 is 17.9 Å². The van der Waals surface area contributed by atoms with Gasteiger partial charge in [0.05, 0.1) is 18.3 Å². The summed E-state index contributed by atoms with van der Waals surface area (Å²) in [6.45, 7) is 6.94. The molecule has 2 aliphatic rings. The van der Waals surface area contributed by atoms with E-state index in [-0.39, 0.29) is 18.6 Å². The predicted octanol–water partition coefficient (Wildman–Crippen LogP) is 3.66. The van der Waals surface area contributed by atoms with Crippen LogP contribution in [-0.2, 0) is 17.5 Å². The molecule has 1 unspecified atom stereocenters. The molecule has 1 fully saturated rings. The molecule has 1 aromatic rings. The van der Waals surface area contributed by atoms with Crippen LogP contribution in [-0.4, -0.2) is 30.6 Å². The van der Waals surface area contributed by atoms with Gasteiger partial charge in [-0.25, -0.2) is 0 Å². The Labute approximate surface area is 122 Å². The average molecular weight is 299 g/mol. The first-order valence-electron chi connectivity index (χ1n) is 7.39. The van der Waals surface area contributed by atoms with Crippen LogP contribution in [0.4, 0.5) is 13.2 Å². The lowest BCUT2D eigenvalue weighted by Crippen LogP contribution is -2.29. The van der Waals surface area contributed by atoms with Crippen LogP contribution in [0, 0.1) is 5.92 Å². The van der Waals surface area contributed by atoms with Crippen LogP contribution in [0.15, 0.2) is 18.2 Å². The van der Waals surface area contributed by atoms with Crippen molar-refractivity contribution in [2.75, 3.05) is 19.6 Å². The molecule has 0 amide bonds. The molecule has 2 atom stereocenters. The third kappa shape index (κ3) is 2.81. The lowest BCUT2D eigenvalue weighted by molar-refractivity contribution is -0.139. The molecule has 21 heavy (non-hydrogen) atoms. The number of likely N-dealkylation sites (tertiary alicyclic amines) is 1. The predicted molar refractivity (Wildman–Crippen MR) is 74.0 cm³/mol. The molecule has 5 heteroatoms. The summed E-state index contributed by atoms with van der Waals surface area (Å²) in [5, 5.41) is 0. The minimum Gasteiger partial charge on any atom is -0.371 e. The number of fused-ring (bicyclic) bond motifs is 3. The largest absolute Gasteiger partial charge is 0.416 e. The molecule has 1 saturated heterocycles. The first-order chi connectivity index (χ1) is 9.86. The van der Waals surface area contributed by atoms with E-state index in [2.05, 4.69) is 18.7 Å². The first-order valence-corrected chi connectivity index (χ1v) is 7.39. The quantitative estimate of drug-likeness (QED) is 0.826. The number of halogens is 3. The van der Waals surface area contributed by atoms with Crippen molar-refractivity contribution in [2.24, 2.45) is 5.92 Å². The van der Waals surface area contributed by atoms with Crippen molar-refractivity contribution in [3.05, 3.63) is 34.9 Å². The van der Waals surface area contributed by atoms with Gasteiger partial charge in [0.15, 0.2) is 0 Å². The lowest BCUT2D eigenvalue weighted by atomic mass is 9.87. The fraction of sp³-hybridized carbons (Fsp3) is 0.625. The van der Waals surface area contributed by atoms with E-state index in [1.807, 2.05) is 6.07 Å². The zero-order chi connectivity index (χ0) is 15.2. The molecule has 116 valence electrons. The second kappa shape index (κ2) is 5.29. The Kier molecular flexibility index (Phi) is 3.74. The average Bonchev–Trinajstić information content (AvgIpc) is 2.78.